The van der Waals surface area contributed by atoms with Crippen LogP contribution in [0.1, 0.15) is 25.0 Å². The maximum Gasteiger partial charge on any atom is 0.107 e. The lowest BCUT2D eigenvalue weighted by Crippen LogP contribution is -2.36. The van der Waals surface area contributed by atoms with Crippen LogP contribution in [-0.4, -0.2) is 28.6 Å². The molecule has 1 fully saturated rings. The molecule has 0 spiro atoms. The van der Waals surface area contributed by atoms with E-state index in [1.807, 2.05) is 4.68 Å². The predicted octanol–water partition coefficient (Wildman–Crippen LogP) is 1.66. The molecule has 0 bridgehead atoms. The summed E-state index contributed by atoms with van der Waals surface area (Å²) in [6.07, 6.45) is 4.47. The quantitative estimate of drug-likeness (QED) is 0.909. The first-order chi connectivity index (χ1) is 7.17. The SMILES string of the molecule is COCCn1ncc(Br)c1C1(O)CCC1. The summed E-state index contributed by atoms with van der Waals surface area (Å²) in [6.45, 7) is 1.29. The van der Waals surface area contributed by atoms with Gasteiger partial charge in [0.25, 0.3) is 0 Å². The van der Waals surface area contributed by atoms with Crippen LogP contribution in [0.2, 0.25) is 0 Å². The number of aliphatic hydroxyl groups is 1. The highest BCUT2D eigenvalue weighted by Crippen LogP contribution is 2.43. The maximum absolute atomic E-state index is 10.3. The Hall–Kier alpha value is -0.390. The van der Waals surface area contributed by atoms with Crippen LogP contribution in [0.5, 0.6) is 0 Å². The number of hydrogen-bond donors (Lipinski definition) is 1. The van der Waals surface area contributed by atoms with Crippen molar-refractivity contribution in [2.24, 2.45) is 0 Å². The van der Waals surface area contributed by atoms with Crippen LogP contribution >= 0.6 is 15.9 Å². The molecule has 1 aromatic heterocycles. The van der Waals surface area contributed by atoms with Gasteiger partial charge in [-0.3, -0.25) is 4.68 Å². The first-order valence-electron chi connectivity index (χ1n) is 5.10. The van der Waals surface area contributed by atoms with Crippen LogP contribution in [0.15, 0.2) is 10.7 Å². The van der Waals surface area contributed by atoms with Gasteiger partial charge in [-0.05, 0) is 35.2 Å². The fourth-order valence-electron chi connectivity index (χ4n) is 1.92. The molecular weight excluding hydrogens is 260 g/mol. The molecule has 2 rings (SSSR count). The van der Waals surface area contributed by atoms with E-state index in [2.05, 4.69) is 21.0 Å². The summed E-state index contributed by atoms with van der Waals surface area (Å²) in [5.74, 6) is 0. The number of halogens is 1. The Morgan fingerprint density at radius 3 is 2.93 bits per heavy atom. The summed E-state index contributed by atoms with van der Waals surface area (Å²) >= 11 is 3.44. The molecule has 4 nitrogen and oxygen atoms in total. The third kappa shape index (κ3) is 1.96. The van der Waals surface area contributed by atoms with Gasteiger partial charge in [-0.15, -0.1) is 0 Å². The smallest absolute Gasteiger partial charge is 0.107 e. The van der Waals surface area contributed by atoms with Gasteiger partial charge in [0, 0.05) is 7.11 Å². The average molecular weight is 275 g/mol. The molecule has 0 amide bonds. The number of methoxy groups -OCH3 is 1. The van der Waals surface area contributed by atoms with Crippen molar-refractivity contribution in [3.63, 3.8) is 0 Å². The molecule has 0 radical (unpaired) electrons. The van der Waals surface area contributed by atoms with Crippen molar-refractivity contribution >= 4 is 15.9 Å². The predicted molar refractivity (Wildman–Crippen MR) is 59.6 cm³/mol. The molecule has 0 atom stereocenters. The summed E-state index contributed by atoms with van der Waals surface area (Å²) in [5.41, 5.74) is 0.217. The minimum Gasteiger partial charge on any atom is -0.384 e. The highest BCUT2D eigenvalue weighted by Gasteiger charge is 2.40. The van der Waals surface area contributed by atoms with Gasteiger partial charge in [-0.25, -0.2) is 0 Å². The summed E-state index contributed by atoms with van der Waals surface area (Å²) < 4.78 is 7.73. The zero-order valence-corrected chi connectivity index (χ0v) is 10.3. The zero-order valence-electron chi connectivity index (χ0n) is 8.74. The van der Waals surface area contributed by atoms with Gasteiger partial charge in [-0.1, -0.05) is 0 Å². The molecule has 1 saturated carbocycles. The Labute approximate surface area is 97.4 Å². The minimum atomic E-state index is -0.678. The Morgan fingerprint density at radius 2 is 2.40 bits per heavy atom. The number of hydrogen-bond acceptors (Lipinski definition) is 3. The molecule has 0 saturated heterocycles. The third-order valence-corrected chi connectivity index (χ3v) is 3.50. The van der Waals surface area contributed by atoms with Gasteiger partial charge >= 0.3 is 0 Å². The van der Waals surface area contributed by atoms with E-state index >= 15 is 0 Å². The maximum atomic E-state index is 10.3. The normalized spacial score (nSPS) is 18.9. The van der Waals surface area contributed by atoms with Gasteiger partial charge in [0.1, 0.15) is 5.60 Å². The second kappa shape index (κ2) is 4.23. The van der Waals surface area contributed by atoms with E-state index in [0.717, 1.165) is 29.4 Å². The number of aromatic nitrogens is 2. The molecule has 84 valence electrons. The summed E-state index contributed by atoms with van der Waals surface area (Å²) in [7, 11) is 1.66. The van der Waals surface area contributed by atoms with Crippen LogP contribution in [0.3, 0.4) is 0 Å². The lowest BCUT2D eigenvalue weighted by atomic mass is 9.78. The van der Waals surface area contributed by atoms with Gasteiger partial charge in [0.15, 0.2) is 0 Å². The lowest BCUT2D eigenvalue weighted by molar-refractivity contribution is -0.0476. The molecule has 1 N–H and O–H groups in total. The molecule has 5 heteroatoms. The molecule has 1 aliphatic rings. The van der Waals surface area contributed by atoms with E-state index in [9.17, 15) is 5.11 Å². The van der Waals surface area contributed by atoms with E-state index in [-0.39, 0.29) is 0 Å². The summed E-state index contributed by atoms with van der Waals surface area (Å²) in [6, 6.07) is 0. The van der Waals surface area contributed by atoms with Crippen molar-refractivity contribution < 1.29 is 9.84 Å². The Balaban J connectivity index is 2.23. The Kier molecular flexibility index (Phi) is 3.13. The summed E-state index contributed by atoms with van der Waals surface area (Å²) in [5, 5.41) is 14.5. The van der Waals surface area contributed by atoms with Gasteiger partial charge in [0.05, 0.1) is 29.5 Å². The molecule has 1 aromatic rings. The van der Waals surface area contributed by atoms with Gasteiger partial charge in [0.2, 0.25) is 0 Å². The second-order valence-electron chi connectivity index (χ2n) is 3.94. The number of rotatable bonds is 4. The third-order valence-electron chi connectivity index (χ3n) is 2.92. The number of ether oxygens (including phenoxy) is 1. The largest absolute Gasteiger partial charge is 0.384 e. The van der Waals surface area contributed by atoms with Crippen molar-refractivity contribution in [1.82, 2.24) is 9.78 Å². The van der Waals surface area contributed by atoms with Crippen LogP contribution in [0.4, 0.5) is 0 Å². The topological polar surface area (TPSA) is 47.3 Å². The van der Waals surface area contributed by atoms with Crippen LogP contribution < -0.4 is 0 Å². The summed E-state index contributed by atoms with van der Waals surface area (Å²) in [4.78, 5) is 0. The van der Waals surface area contributed by atoms with Gasteiger partial charge < -0.3 is 9.84 Å². The van der Waals surface area contributed by atoms with E-state index in [4.69, 9.17) is 4.74 Å². The van der Waals surface area contributed by atoms with Crippen LogP contribution in [-0.2, 0) is 16.9 Å². The van der Waals surface area contributed by atoms with Crippen LogP contribution in [0, 0.1) is 0 Å². The van der Waals surface area contributed by atoms with E-state index < -0.39 is 5.60 Å². The Bertz CT molecular complexity index is 347. The average Bonchev–Trinajstić information content (AvgIpc) is 2.53. The first-order valence-corrected chi connectivity index (χ1v) is 5.90. The fourth-order valence-corrected chi connectivity index (χ4v) is 2.59. The molecule has 0 aromatic carbocycles. The van der Waals surface area contributed by atoms with Crippen molar-refractivity contribution in [1.29, 1.82) is 0 Å². The highest BCUT2D eigenvalue weighted by atomic mass is 79.9. The van der Waals surface area contributed by atoms with Crippen molar-refractivity contribution in [3.8, 4) is 0 Å². The van der Waals surface area contributed by atoms with Crippen molar-refractivity contribution in [2.45, 2.75) is 31.4 Å². The molecule has 0 unspecified atom stereocenters. The molecule has 1 heterocycles. The Morgan fingerprint density at radius 1 is 1.67 bits per heavy atom. The first kappa shape index (κ1) is 11.1. The highest BCUT2D eigenvalue weighted by molar-refractivity contribution is 9.10. The molecule has 1 aliphatic carbocycles. The van der Waals surface area contributed by atoms with Crippen molar-refractivity contribution in [2.75, 3.05) is 13.7 Å². The van der Waals surface area contributed by atoms with E-state index in [1.165, 1.54) is 0 Å². The van der Waals surface area contributed by atoms with Crippen molar-refractivity contribution in [3.05, 3.63) is 16.4 Å². The second-order valence-corrected chi connectivity index (χ2v) is 4.80. The lowest BCUT2D eigenvalue weighted by Gasteiger charge is -2.37. The molecular formula is C10H15BrN2O2. The van der Waals surface area contributed by atoms with Gasteiger partial charge in [-0.2, -0.15) is 5.10 Å². The molecule has 0 aliphatic heterocycles. The van der Waals surface area contributed by atoms with E-state index in [0.29, 0.717) is 13.2 Å². The monoisotopic (exact) mass is 274 g/mol. The zero-order chi connectivity index (χ0) is 10.9. The van der Waals surface area contributed by atoms with Crippen LogP contribution in [0.25, 0.3) is 0 Å². The minimum absolute atomic E-state index is 0.608. The molecule has 15 heavy (non-hydrogen) atoms. The van der Waals surface area contributed by atoms with E-state index in [1.54, 1.807) is 13.3 Å². The number of nitrogens with zero attached hydrogens (tertiary/aromatic N) is 2. The standard InChI is InChI=1S/C10H15BrN2O2/c1-15-6-5-13-9(8(11)7-12-13)10(14)3-2-4-10/h7,14H,2-6H2,1H3. The fraction of sp³-hybridized carbons (Fsp3) is 0.700.